The highest BCUT2D eigenvalue weighted by Gasteiger charge is 2.53. The van der Waals surface area contributed by atoms with Crippen LogP contribution in [-0.2, 0) is 18.9 Å². The lowest BCUT2D eigenvalue weighted by atomic mass is 9.84. The van der Waals surface area contributed by atoms with Crippen LogP contribution in [0.25, 0.3) is 0 Å². The van der Waals surface area contributed by atoms with Crippen LogP contribution in [0.1, 0.15) is 12.8 Å². The predicted octanol–water partition coefficient (Wildman–Crippen LogP) is -8.92. The minimum Gasteiger partial charge on any atom is -0.394 e. The summed E-state index contributed by atoms with van der Waals surface area (Å²) in [6.45, 7) is 0.449. The maximum atomic E-state index is 10.9. The Bertz CT molecular complexity index is 622. The lowest BCUT2D eigenvalue weighted by Gasteiger charge is -2.45. The summed E-state index contributed by atoms with van der Waals surface area (Å²) in [6.07, 6.45) is -9.12. The molecule has 2 aliphatic heterocycles. The SMILES string of the molecule is NC1CC([NH3+])C(O)C(OC2OC(CO)C(CC[NH3+])C2O)C1OC1OC(C[NH3+])C(O)C(O)C1[NH3+]. The van der Waals surface area contributed by atoms with Gasteiger partial charge in [0.2, 0.25) is 6.29 Å². The molecule has 3 aliphatic rings. The number of nitrogens with two attached hydrogens (primary N) is 1. The third-order valence-electron chi connectivity index (χ3n) is 7.06. The first-order valence-corrected chi connectivity index (χ1v) is 11.6. The van der Waals surface area contributed by atoms with Crippen LogP contribution in [0.4, 0.5) is 0 Å². The van der Waals surface area contributed by atoms with Gasteiger partial charge in [-0.2, -0.15) is 0 Å². The van der Waals surface area contributed by atoms with Crippen molar-refractivity contribution in [1.29, 1.82) is 0 Å². The number of aliphatic hydroxyl groups is 5. The van der Waals surface area contributed by atoms with Gasteiger partial charge in [-0.15, -0.1) is 0 Å². The fraction of sp³-hybridized carbons (Fsp3) is 1.00. The third-order valence-corrected chi connectivity index (χ3v) is 7.06. The first kappa shape index (κ1) is 27.0. The highest BCUT2D eigenvalue weighted by atomic mass is 16.7. The normalized spacial score (nSPS) is 51.1. The zero-order valence-corrected chi connectivity index (χ0v) is 18.9. The standard InChI is InChI=1S/C19H39N5O9/c20-2-1-6-10(5-25)31-19(12(6)26)33-17-13(27)7(22)3-8(23)16(17)32-18-11(24)15(29)14(28)9(4-21)30-18/h6-19,25-29H,1-5,20-24H2/p+4. The van der Waals surface area contributed by atoms with E-state index in [0.29, 0.717) is 19.4 Å². The Hall–Kier alpha value is -0.560. The Morgan fingerprint density at radius 2 is 1.48 bits per heavy atom. The molecule has 1 aliphatic carbocycles. The van der Waals surface area contributed by atoms with E-state index in [2.05, 4.69) is 22.9 Å². The van der Waals surface area contributed by atoms with Crippen LogP contribution in [0.5, 0.6) is 0 Å². The Kier molecular flexibility index (Phi) is 9.38. The number of hydrogen-bond acceptors (Lipinski definition) is 10. The highest BCUT2D eigenvalue weighted by molar-refractivity contribution is 4.99. The monoisotopic (exact) mass is 485 g/mol. The van der Waals surface area contributed by atoms with Gasteiger partial charge >= 0.3 is 0 Å². The van der Waals surface area contributed by atoms with Gasteiger partial charge in [0.25, 0.3) is 0 Å². The van der Waals surface area contributed by atoms with E-state index in [1.54, 1.807) is 0 Å². The van der Waals surface area contributed by atoms with Crippen molar-refractivity contribution in [2.24, 2.45) is 11.7 Å². The molecule has 3 fully saturated rings. The molecule has 14 unspecified atom stereocenters. The molecule has 19 N–H and O–H groups in total. The minimum atomic E-state index is -1.20. The topological polar surface area (TPSA) is 275 Å². The molecule has 0 aromatic heterocycles. The van der Waals surface area contributed by atoms with Gasteiger partial charge < -0.3 is 73.1 Å². The van der Waals surface area contributed by atoms with Gasteiger partial charge in [-0.3, -0.25) is 0 Å². The summed E-state index contributed by atoms with van der Waals surface area (Å²) in [5, 5.41) is 51.8. The molecule has 0 radical (unpaired) electrons. The third kappa shape index (κ3) is 5.49. The molecule has 1 saturated carbocycles. The lowest BCUT2D eigenvalue weighted by molar-refractivity contribution is -0.516. The molecule has 0 amide bonds. The van der Waals surface area contributed by atoms with Gasteiger partial charge in [0.15, 0.2) is 12.3 Å². The van der Waals surface area contributed by atoms with Crippen LogP contribution in [0, 0.1) is 5.92 Å². The smallest absolute Gasteiger partial charge is 0.214 e. The summed E-state index contributed by atoms with van der Waals surface area (Å²) in [5.41, 5.74) is 21.7. The molecule has 33 heavy (non-hydrogen) atoms. The zero-order chi connectivity index (χ0) is 24.4. The summed E-state index contributed by atoms with van der Waals surface area (Å²) in [7, 11) is 0. The van der Waals surface area contributed by atoms with Crippen molar-refractivity contribution in [1.82, 2.24) is 0 Å². The molecule has 14 atom stereocenters. The van der Waals surface area contributed by atoms with Crippen LogP contribution < -0.4 is 28.7 Å². The fourth-order valence-corrected chi connectivity index (χ4v) is 4.99. The summed E-state index contributed by atoms with van der Waals surface area (Å²) < 4.78 is 23.6. The molecular weight excluding hydrogens is 442 g/mol. The number of aliphatic hydroxyl groups excluding tert-OH is 5. The van der Waals surface area contributed by atoms with Gasteiger partial charge in [0, 0.05) is 24.8 Å². The maximum absolute atomic E-state index is 10.9. The second kappa shape index (κ2) is 11.5. The first-order valence-electron chi connectivity index (χ1n) is 11.6. The summed E-state index contributed by atoms with van der Waals surface area (Å²) in [6, 6.07) is -1.91. The predicted molar refractivity (Wildman–Crippen MR) is 108 cm³/mol. The number of ether oxygens (including phenoxy) is 4. The lowest BCUT2D eigenvalue weighted by Crippen LogP contribution is -2.81. The van der Waals surface area contributed by atoms with Crippen molar-refractivity contribution in [2.45, 2.75) is 92.4 Å². The minimum absolute atomic E-state index is 0.198. The molecule has 0 spiro atoms. The van der Waals surface area contributed by atoms with Gasteiger partial charge in [0.05, 0.1) is 19.3 Å². The van der Waals surface area contributed by atoms with E-state index >= 15 is 0 Å². The average Bonchev–Trinajstić information content (AvgIpc) is 3.09. The van der Waals surface area contributed by atoms with Gasteiger partial charge in [0.1, 0.15) is 55.3 Å². The van der Waals surface area contributed by atoms with Gasteiger partial charge in [-0.1, -0.05) is 0 Å². The highest BCUT2D eigenvalue weighted by Crippen LogP contribution is 2.34. The average molecular weight is 486 g/mol. The molecule has 14 nitrogen and oxygen atoms in total. The van der Waals surface area contributed by atoms with Crippen LogP contribution >= 0.6 is 0 Å². The fourth-order valence-electron chi connectivity index (χ4n) is 4.99. The van der Waals surface area contributed by atoms with E-state index in [1.165, 1.54) is 0 Å². The summed E-state index contributed by atoms with van der Waals surface area (Å²) in [5.74, 6) is -0.373. The van der Waals surface area contributed by atoms with Gasteiger partial charge in [-0.05, 0) is 0 Å². The van der Waals surface area contributed by atoms with Crippen molar-refractivity contribution in [2.75, 3.05) is 19.7 Å². The van der Waals surface area contributed by atoms with Crippen molar-refractivity contribution in [3.8, 4) is 0 Å². The molecule has 3 rings (SSSR count). The Labute approximate surface area is 191 Å². The zero-order valence-electron chi connectivity index (χ0n) is 18.9. The Balaban J connectivity index is 1.78. The first-order chi connectivity index (χ1) is 15.6. The Morgan fingerprint density at radius 3 is 2.09 bits per heavy atom. The number of rotatable bonds is 8. The van der Waals surface area contributed by atoms with E-state index in [1.807, 2.05) is 0 Å². The Morgan fingerprint density at radius 1 is 0.848 bits per heavy atom. The number of quaternary nitrogens is 4. The number of hydrogen-bond donors (Lipinski definition) is 10. The molecule has 0 aromatic carbocycles. The molecule has 194 valence electrons. The molecule has 14 heteroatoms. The molecule has 0 aromatic rings. The van der Waals surface area contributed by atoms with E-state index in [0.717, 1.165) is 0 Å². The summed E-state index contributed by atoms with van der Waals surface area (Å²) in [4.78, 5) is 0. The van der Waals surface area contributed by atoms with Crippen LogP contribution in [0.15, 0.2) is 0 Å². The van der Waals surface area contributed by atoms with Crippen LogP contribution in [0.2, 0.25) is 0 Å². The molecule has 2 heterocycles. The van der Waals surface area contributed by atoms with Gasteiger partial charge in [-0.25, -0.2) is 0 Å². The van der Waals surface area contributed by atoms with E-state index < -0.39 is 79.5 Å². The van der Waals surface area contributed by atoms with Crippen molar-refractivity contribution >= 4 is 0 Å². The largest absolute Gasteiger partial charge is 0.394 e. The second-order valence-electron chi connectivity index (χ2n) is 9.35. The van der Waals surface area contributed by atoms with E-state index in [-0.39, 0.29) is 19.1 Å². The van der Waals surface area contributed by atoms with Crippen molar-refractivity contribution < 1.29 is 67.4 Å². The molecular formula is C19H43N5O9+4. The second-order valence-corrected chi connectivity index (χ2v) is 9.35. The maximum Gasteiger partial charge on any atom is 0.214 e. The van der Waals surface area contributed by atoms with Crippen LogP contribution in [-0.4, -0.2) is 125 Å². The van der Waals surface area contributed by atoms with Crippen molar-refractivity contribution in [3.05, 3.63) is 0 Å². The van der Waals surface area contributed by atoms with Crippen LogP contribution in [0.3, 0.4) is 0 Å². The molecule has 2 saturated heterocycles. The van der Waals surface area contributed by atoms with E-state index in [9.17, 15) is 25.5 Å². The summed E-state index contributed by atoms with van der Waals surface area (Å²) >= 11 is 0. The quantitative estimate of drug-likeness (QED) is 0.155. The van der Waals surface area contributed by atoms with Crippen molar-refractivity contribution in [3.63, 3.8) is 0 Å². The molecule has 0 bridgehead atoms. The van der Waals surface area contributed by atoms with E-state index in [4.69, 9.17) is 24.7 Å².